The summed E-state index contributed by atoms with van der Waals surface area (Å²) in [6, 6.07) is 0.478. The molecular weight excluding hydrogens is 200 g/mol. The Morgan fingerprint density at radius 1 is 1.31 bits per heavy atom. The third-order valence-electron chi connectivity index (χ3n) is 3.18. The zero-order valence-corrected chi connectivity index (χ0v) is 10.7. The third-order valence-corrected chi connectivity index (χ3v) is 3.18. The zero-order chi connectivity index (χ0) is 11.8. The van der Waals surface area contributed by atoms with E-state index in [9.17, 15) is 0 Å². The van der Waals surface area contributed by atoms with E-state index >= 15 is 0 Å². The molecule has 0 heterocycles. The summed E-state index contributed by atoms with van der Waals surface area (Å²) in [5, 5.41) is 0. The van der Waals surface area contributed by atoms with Gasteiger partial charge in [0, 0.05) is 13.1 Å². The van der Waals surface area contributed by atoms with Gasteiger partial charge in [-0.1, -0.05) is 26.2 Å². The number of hydrogen-bond donors (Lipinski definition) is 2. The summed E-state index contributed by atoms with van der Waals surface area (Å²) in [5.41, 5.74) is 2.76. The zero-order valence-electron chi connectivity index (χ0n) is 10.7. The highest BCUT2D eigenvalue weighted by Gasteiger charge is 2.15. The van der Waals surface area contributed by atoms with Crippen LogP contribution >= 0.6 is 0 Å². The Kier molecular flexibility index (Phi) is 6.23. The lowest BCUT2D eigenvalue weighted by Gasteiger charge is -2.26. The highest BCUT2D eigenvalue weighted by Crippen LogP contribution is 2.20. The summed E-state index contributed by atoms with van der Waals surface area (Å²) >= 11 is 0. The van der Waals surface area contributed by atoms with Crippen molar-refractivity contribution in [3.05, 3.63) is 0 Å². The van der Waals surface area contributed by atoms with E-state index in [0.29, 0.717) is 6.04 Å². The number of hydrogen-bond acceptors (Lipinski definition) is 2. The fourth-order valence-electron chi connectivity index (χ4n) is 2.28. The first-order valence-electron chi connectivity index (χ1n) is 6.61. The Morgan fingerprint density at radius 3 is 2.50 bits per heavy atom. The first-order valence-corrected chi connectivity index (χ1v) is 6.61. The standard InChI is InChI=1S/C12H26N4/c1-3-10-16(4-2)12(15-13)14-11-8-6-5-7-9-11/h11H,3-10,13H2,1-2H3,(H,14,15). The average Bonchev–Trinajstić information content (AvgIpc) is 2.35. The largest absolute Gasteiger partial charge is 0.342 e. The number of aliphatic imine (C=N–C) groups is 1. The number of nitrogens with one attached hydrogen (secondary N) is 1. The molecule has 16 heavy (non-hydrogen) atoms. The molecule has 0 radical (unpaired) electrons. The van der Waals surface area contributed by atoms with Crippen LogP contribution in [0.15, 0.2) is 4.99 Å². The minimum Gasteiger partial charge on any atom is -0.342 e. The van der Waals surface area contributed by atoms with Gasteiger partial charge in [-0.15, -0.1) is 0 Å². The van der Waals surface area contributed by atoms with E-state index < -0.39 is 0 Å². The molecule has 1 saturated carbocycles. The van der Waals surface area contributed by atoms with Crippen LogP contribution in [-0.2, 0) is 0 Å². The van der Waals surface area contributed by atoms with Gasteiger partial charge in [-0.25, -0.2) is 10.8 Å². The summed E-state index contributed by atoms with van der Waals surface area (Å²) in [6.45, 7) is 6.30. The first-order chi connectivity index (χ1) is 7.81. The molecule has 0 aromatic rings. The molecule has 4 nitrogen and oxygen atoms in total. The molecule has 0 unspecified atom stereocenters. The monoisotopic (exact) mass is 226 g/mol. The van der Waals surface area contributed by atoms with Crippen LogP contribution in [0.2, 0.25) is 0 Å². The van der Waals surface area contributed by atoms with E-state index in [1.165, 1.54) is 32.1 Å². The van der Waals surface area contributed by atoms with Crippen LogP contribution < -0.4 is 11.3 Å². The van der Waals surface area contributed by atoms with Gasteiger partial charge in [0.2, 0.25) is 5.96 Å². The first kappa shape index (κ1) is 13.3. The summed E-state index contributed by atoms with van der Waals surface area (Å²) in [4.78, 5) is 6.97. The second-order valence-corrected chi connectivity index (χ2v) is 4.47. The molecule has 0 bridgehead atoms. The van der Waals surface area contributed by atoms with Crippen molar-refractivity contribution in [2.24, 2.45) is 10.8 Å². The lowest BCUT2D eigenvalue weighted by atomic mass is 9.96. The van der Waals surface area contributed by atoms with Crippen LogP contribution in [0.1, 0.15) is 52.4 Å². The third kappa shape index (κ3) is 4.00. The second kappa shape index (κ2) is 7.49. The molecule has 0 spiro atoms. The lowest BCUT2D eigenvalue weighted by molar-refractivity contribution is 0.400. The van der Waals surface area contributed by atoms with Crippen molar-refractivity contribution < 1.29 is 0 Å². The number of nitrogens with zero attached hydrogens (tertiary/aromatic N) is 2. The Hall–Kier alpha value is -0.770. The molecule has 3 N–H and O–H groups in total. The van der Waals surface area contributed by atoms with Gasteiger partial charge in [0.05, 0.1) is 6.04 Å². The Balaban J connectivity index is 2.58. The van der Waals surface area contributed by atoms with E-state index in [0.717, 1.165) is 25.5 Å². The molecule has 1 aliphatic carbocycles. The minimum absolute atomic E-state index is 0.478. The van der Waals surface area contributed by atoms with Crippen LogP contribution in [0, 0.1) is 0 Å². The molecule has 1 aliphatic rings. The molecule has 0 atom stereocenters. The van der Waals surface area contributed by atoms with E-state index in [-0.39, 0.29) is 0 Å². The van der Waals surface area contributed by atoms with Crippen LogP contribution in [0.5, 0.6) is 0 Å². The summed E-state index contributed by atoms with van der Waals surface area (Å²) in [6.07, 6.45) is 7.55. The maximum absolute atomic E-state index is 5.57. The molecule has 1 rings (SSSR count). The van der Waals surface area contributed by atoms with Gasteiger partial charge >= 0.3 is 0 Å². The predicted molar refractivity (Wildman–Crippen MR) is 69.2 cm³/mol. The number of hydrazine groups is 1. The van der Waals surface area contributed by atoms with E-state index in [1.54, 1.807) is 0 Å². The normalized spacial score (nSPS) is 18.6. The fraction of sp³-hybridized carbons (Fsp3) is 0.917. The average molecular weight is 226 g/mol. The molecule has 0 saturated heterocycles. The summed E-state index contributed by atoms with van der Waals surface area (Å²) in [7, 11) is 0. The van der Waals surface area contributed by atoms with E-state index in [2.05, 4.69) is 24.2 Å². The van der Waals surface area contributed by atoms with Crippen LogP contribution in [-0.4, -0.2) is 30.0 Å². The van der Waals surface area contributed by atoms with Crippen LogP contribution in [0.25, 0.3) is 0 Å². The van der Waals surface area contributed by atoms with E-state index in [1.807, 2.05) is 0 Å². The summed E-state index contributed by atoms with van der Waals surface area (Å²) < 4.78 is 0. The van der Waals surface area contributed by atoms with Crippen molar-refractivity contribution in [1.29, 1.82) is 0 Å². The van der Waals surface area contributed by atoms with Crippen molar-refractivity contribution >= 4 is 5.96 Å². The Bertz CT molecular complexity index is 209. The minimum atomic E-state index is 0.478. The van der Waals surface area contributed by atoms with Gasteiger partial charge in [-0.3, -0.25) is 5.43 Å². The number of guanidine groups is 1. The maximum Gasteiger partial charge on any atom is 0.208 e. The fourth-order valence-corrected chi connectivity index (χ4v) is 2.28. The van der Waals surface area contributed by atoms with Gasteiger partial charge in [-0.05, 0) is 26.2 Å². The second-order valence-electron chi connectivity index (χ2n) is 4.47. The number of rotatable bonds is 4. The van der Waals surface area contributed by atoms with Gasteiger partial charge in [0.25, 0.3) is 0 Å². The van der Waals surface area contributed by atoms with Gasteiger partial charge in [0.15, 0.2) is 0 Å². The quantitative estimate of drug-likeness (QED) is 0.333. The van der Waals surface area contributed by atoms with Crippen LogP contribution in [0.4, 0.5) is 0 Å². The Labute approximate surface area is 99.3 Å². The van der Waals surface area contributed by atoms with Crippen LogP contribution in [0.3, 0.4) is 0 Å². The molecular formula is C12H26N4. The molecule has 4 heteroatoms. The molecule has 0 aromatic carbocycles. The molecule has 0 amide bonds. The molecule has 1 fully saturated rings. The van der Waals surface area contributed by atoms with Crippen molar-refractivity contribution in [3.63, 3.8) is 0 Å². The van der Waals surface area contributed by atoms with Crippen molar-refractivity contribution in [1.82, 2.24) is 10.3 Å². The van der Waals surface area contributed by atoms with Crippen molar-refractivity contribution in [2.75, 3.05) is 13.1 Å². The lowest BCUT2D eigenvalue weighted by Crippen LogP contribution is -2.45. The predicted octanol–water partition coefficient (Wildman–Crippen LogP) is 1.87. The van der Waals surface area contributed by atoms with Gasteiger partial charge in [-0.2, -0.15) is 0 Å². The SMILES string of the molecule is CCCN(CC)C(=NC1CCCCC1)NN. The Morgan fingerprint density at radius 2 is 2.00 bits per heavy atom. The van der Waals surface area contributed by atoms with Gasteiger partial charge < -0.3 is 4.90 Å². The van der Waals surface area contributed by atoms with Gasteiger partial charge in [0.1, 0.15) is 0 Å². The maximum atomic E-state index is 5.57. The topological polar surface area (TPSA) is 53.6 Å². The van der Waals surface area contributed by atoms with Crippen molar-refractivity contribution in [3.8, 4) is 0 Å². The van der Waals surface area contributed by atoms with E-state index in [4.69, 9.17) is 10.8 Å². The molecule has 0 aromatic heterocycles. The molecule has 0 aliphatic heterocycles. The van der Waals surface area contributed by atoms with Crippen molar-refractivity contribution in [2.45, 2.75) is 58.4 Å². The summed E-state index contributed by atoms with van der Waals surface area (Å²) in [5.74, 6) is 6.45. The number of nitrogens with two attached hydrogens (primary N) is 1. The highest BCUT2D eigenvalue weighted by atomic mass is 15.4. The highest BCUT2D eigenvalue weighted by molar-refractivity contribution is 5.79. The smallest absolute Gasteiger partial charge is 0.208 e. The molecule has 94 valence electrons.